The highest BCUT2D eigenvalue weighted by Gasteiger charge is 2.33. The van der Waals surface area contributed by atoms with Crippen LogP contribution < -0.4 is 14.8 Å². The van der Waals surface area contributed by atoms with Crippen LogP contribution in [0, 0.1) is 0 Å². The van der Waals surface area contributed by atoms with Gasteiger partial charge in [-0.1, -0.05) is 12.1 Å². The lowest BCUT2D eigenvalue weighted by atomic mass is 10.1. The molecule has 1 N–H and O–H groups in total. The molecule has 0 bridgehead atoms. The van der Waals surface area contributed by atoms with Crippen molar-refractivity contribution < 1.29 is 14.3 Å². The highest BCUT2D eigenvalue weighted by Crippen LogP contribution is 2.31. The topological polar surface area (TPSA) is 76.6 Å². The molecule has 1 amide bonds. The number of nitrogens with one attached hydrogen (secondary N) is 1. The van der Waals surface area contributed by atoms with Crippen LogP contribution in [-0.2, 0) is 17.8 Å². The Morgan fingerprint density at radius 2 is 2.16 bits per heavy atom. The quantitative estimate of drug-likeness (QED) is 0.915. The average molecular weight is 340 g/mol. The van der Waals surface area contributed by atoms with E-state index in [2.05, 4.69) is 15.5 Å². The van der Waals surface area contributed by atoms with Crippen molar-refractivity contribution in [1.82, 2.24) is 15.1 Å². The minimum absolute atomic E-state index is 0.0537. The van der Waals surface area contributed by atoms with Gasteiger partial charge in [0.15, 0.2) is 11.5 Å². The number of hydrogen-bond acceptors (Lipinski definition) is 6. The molecule has 0 spiro atoms. The number of carbonyl (C=O) groups excluding carboxylic acids is 1. The normalized spacial score (nSPS) is 18.4. The number of benzene rings is 1. The first-order valence-electron chi connectivity index (χ1n) is 8.51. The molecule has 2 aliphatic rings. The first-order chi connectivity index (χ1) is 12.2. The van der Waals surface area contributed by atoms with Gasteiger partial charge in [0.05, 0.1) is 5.69 Å². The van der Waals surface area contributed by atoms with Gasteiger partial charge in [-0.15, -0.1) is 5.10 Å². The summed E-state index contributed by atoms with van der Waals surface area (Å²) in [6.07, 6.45) is 0.0875. The van der Waals surface area contributed by atoms with E-state index in [0.717, 1.165) is 23.6 Å². The van der Waals surface area contributed by atoms with Crippen LogP contribution in [0.25, 0.3) is 0 Å². The van der Waals surface area contributed by atoms with Crippen molar-refractivity contribution in [3.05, 3.63) is 41.6 Å². The predicted molar refractivity (Wildman–Crippen MR) is 91.7 cm³/mol. The Labute approximate surface area is 146 Å². The molecular formula is C18H20N4O3. The van der Waals surface area contributed by atoms with Crippen molar-refractivity contribution in [2.24, 2.45) is 0 Å². The molecule has 0 fully saturated rings. The Hall–Kier alpha value is -2.83. The Balaban J connectivity index is 1.48. The number of hydrogen-bond donors (Lipinski definition) is 1. The van der Waals surface area contributed by atoms with Gasteiger partial charge in [-0.25, -0.2) is 0 Å². The Morgan fingerprint density at radius 3 is 3.00 bits per heavy atom. The number of amides is 1. The SMILES string of the molecule is CCNc1cc2c(nn1)CCN(C(=O)[C@@H]1COc3ccccc3O1)C2. The van der Waals surface area contributed by atoms with E-state index >= 15 is 0 Å². The smallest absolute Gasteiger partial charge is 0.267 e. The molecule has 25 heavy (non-hydrogen) atoms. The second-order valence-electron chi connectivity index (χ2n) is 6.11. The van der Waals surface area contributed by atoms with Crippen LogP contribution in [0.1, 0.15) is 18.2 Å². The lowest BCUT2D eigenvalue weighted by molar-refractivity contribution is -0.142. The second-order valence-corrected chi connectivity index (χ2v) is 6.11. The molecular weight excluding hydrogens is 320 g/mol. The van der Waals surface area contributed by atoms with Crippen molar-refractivity contribution in [2.45, 2.75) is 26.0 Å². The summed E-state index contributed by atoms with van der Waals surface area (Å²) in [5.41, 5.74) is 1.99. The fourth-order valence-electron chi connectivity index (χ4n) is 3.13. The van der Waals surface area contributed by atoms with Crippen LogP contribution in [0.2, 0.25) is 0 Å². The van der Waals surface area contributed by atoms with E-state index in [1.165, 1.54) is 0 Å². The molecule has 0 radical (unpaired) electrons. The molecule has 130 valence electrons. The van der Waals surface area contributed by atoms with Crippen LogP contribution in [0.3, 0.4) is 0 Å². The van der Waals surface area contributed by atoms with Gasteiger partial charge in [0.25, 0.3) is 5.91 Å². The molecule has 0 saturated carbocycles. The summed E-state index contributed by atoms with van der Waals surface area (Å²) in [5.74, 6) is 1.98. The minimum atomic E-state index is -0.612. The van der Waals surface area contributed by atoms with E-state index in [-0.39, 0.29) is 12.5 Å². The first kappa shape index (κ1) is 15.7. The monoisotopic (exact) mass is 340 g/mol. The third-order valence-electron chi connectivity index (χ3n) is 4.39. The van der Waals surface area contributed by atoms with Crippen LogP contribution in [-0.4, -0.2) is 46.8 Å². The minimum Gasteiger partial charge on any atom is -0.485 e. The lowest BCUT2D eigenvalue weighted by Crippen LogP contribution is -2.48. The van der Waals surface area contributed by atoms with Gasteiger partial charge in [0.2, 0.25) is 6.10 Å². The van der Waals surface area contributed by atoms with Crippen LogP contribution >= 0.6 is 0 Å². The summed E-state index contributed by atoms with van der Waals surface area (Å²) >= 11 is 0. The van der Waals surface area contributed by atoms with Crippen molar-refractivity contribution in [1.29, 1.82) is 0 Å². The molecule has 3 heterocycles. The maximum Gasteiger partial charge on any atom is 0.267 e. The van der Waals surface area contributed by atoms with Crippen molar-refractivity contribution >= 4 is 11.7 Å². The Morgan fingerprint density at radius 1 is 1.32 bits per heavy atom. The van der Waals surface area contributed by atoms with Crippen LogP contribution in [0.15, 0.2) is 30.3 Å². The van der Waals surface area contributed by atoms with Gasteiger partial charge in [0, 0.05) is 26.1 Å². The average Bonchev–Trinajstić information content (AvgIpc) is 2.66. The zero-order valence-corrected chi connectivity index (χ0v) is 14.1. The predicted octanol–water partition coefficient (Wildman–Crippen LogP) is 1.63. The van der Waals surface area contributed by atoms with Gasteiger partial charge in [-0.3, -0.25) is 4.79 Å². The zero-order chi connectivity index (χ0) is 17.2. The molecule has 2 aromatic rings. The highest BCUT2D eigenvalue weighted by atomic mass is 16.6. The Kier molecular flexibility index (Phi) is 4.13. The van der Waals surface area contributed by atoms with Gasteiger partial charge in [0.1, 0.15) is 12.4 Å². The van der Waals surface area contributed by atoms with E-state index in [0.29, 0.717) is 31.0 Å². The van der Waals surface area contributed by atoms with E-state index in [9.17, 15) is 4.79 Å². The number of para-hydroxylation sites is 2. The molecule has 1 aromatic heterocycles. The van der Waals surface area contributed by atoms with E-state index < -0.39 is 6.10 Å². The number of fused-ring (bicyclic) bond motifs is 2. The fraction of sp³-hybridized carbons (Fsp3) is 0.389. The number of nitrogens with zero attached hydrogens (tertiary/aromatic N) is 3. The van der Waals surface area contributed by atoms with Crippen LogP contribution in [0.5, 0.6) is 11.5 Å². The third-order valence-corrected chi connectivity index (χ3v) is 4.39. The van der Waals surface area contributed by atoms with Crippen LogP contribution in [0.4, 0.5) is 5.82 Å². The number of carbonyl (C=O) groups is 1. The number of anilines is 1. The fourth-order valence-corrected chi connectivity index (χ4v) is 3.13. The molecule has 1 aromatic carbocycles. The standard InChI is InChI=1S/C18H20N4O3/c1-2-19-17-9-12-10-22(8-7-13(12)20-21-17)18(23)16-11-24-14-5-3-4-6-15(14)25-16/h3-6,9,16H,2,7-8,10-11H2,1H3,(H,19,21)/t16-/m0/s1. The van der Waals surface area contributed by atoms with E-state index in [1.807, 2.05) is 42.2 Å². The molecule has 0 unspecified atom stereocenters. The molecule has 0 saturated heterocycles. The summed E-state index contributed by atoms with van der Waals surface area (Å²) in [6.45, 7) is 4.15. The van der Waals surface area contributed by atoms with Gasteiger partial charge in [-0.2, -0.15) is 5.10 Å². The number of ether oxygens (including phenoxy) is 2. The largest absolute Gasteiger partial charge is 0.485 e. The van der Waals surface area contributed by atoms with Gasteiger partial charge in [-0.05, 0) is 30.7 Å². The molecule has 2 aliphatic heterocycles. The van der Waals surface area contributed by atoms with Gasteiger partial charge < -0.3 is 19.7 Å². The summed E-state index contributed by atoms with van der Waals surface area (Å²) < 4.78 is 11.5. The summed E-state index contributed by atoms with van der Waals surface area (Å²) in [7, 11) is 0. The number of rotatable bonds is 3. The van der Waals surface area contributed by atoms with Crippen molar-refractivity contribution in [3.8, 4) is 11.5 Å². The van der Waals surface area contributed by atoms with E-state index in [4.69, 9.17) is 9.47 Å². The van der Waals surface area contributed by atoms with Crippen molar-refractivity contribution in [3.63, 3.8) is 0 Å². The summed E-state index contributed by atoms with van der Waals surface area (Å²) in [5, 5.41) is 11.6. The molecule has 7 nitrogen and oxygen atoms in total. The first-order valence-corrected chi connectivity index (χ1v) is 8.51. The molecule has 0 aliphatic carbocycles. The maximum atomic E-state index is 12.9. The lowest BCUT2D eigenvalue weighted by Gasteiger charge is -2.33. The van der Waals surface area contributed by atoms with Gasteiger partial charge >= 0.3 is 0 Å². The molecule has 7 heteroatoms. The molecule has 4 rings (SSSR count). The van der Waals surface area contributed by atoms with E-state index in [1.54, 1.807) is 0 Å². The zero-order valence-electron chi connectivity index (χ0n) is 14.1. The molecule has 1 atom stereocenters. The number of aromatic nitrogens is 2. The maximum absolute atomic E-state index is 12.9. The highest BCUT2D eigenvalue weighted by molar-refractivity contribution is 5.82. The van der Waals surface area contributed by atoms with Crippen molar-refractivity contribution in [2.75, 3.05) is 25.0 Å². The summed E-state index contributed by atoms with van der Waals surface area (Å²) in [4.78, 5) is 14.7. The third kappa shape index (κ3) is 3.09. The second kappa shape index (κ2) is 6.58. The summed E-state index contributed by atoms with van der Waals surface area (Å²) in [6, 6.07) is 9.38. The Bertz CT molecular complexity index is 796.